The van der Waals surface area contributed by atoms with Gasteiger partial charge in [-0.15, -0.1) is 0 Å². The van der Waals surface area contributed by atoms with E-state index in [-0.39, 0.29) is 0 Å². The Labute approximate surface area is 85.1 Å². The number of fused-ring (bicyclic) bond motifs is 3. The first kappa shape index (κ1) is 9.24. The van der Waals surface area contributed by atoms with Gasteiger partial charge >= 0.3 is 6.18 Å². The second-order valence-electron chi connectivity index (χ2n) is 4.47. The number of aromatic nitrogens is 2. The van der Waals surface area contributed by atoms with Crippen molar-refractivity contribution in [2.75, 3.05) is 0 Å². The molecule has 3 rings (SSSR count). The van der Waals surface area contributed by atoms with Crippen LogP contribution in [-0.2, 0) is 19.6 Å². The summed E-state index contributed by atoms with van der Waals surface area (Å²) in [4.78, 5) is 0. The molecule has 2 atom stereocenters. The maximum atomic E-state index is 12.7. The van der Waals surface area contributed by atoms with Gasteiger partial charge in [-0.1, -0.05) is 0 Å². The minimum absolute atomic E-state index is 0.349. The molecule has 0 amide bonds. The van der Waals surface area contributed by atoms with Crippen molar-refractivity contribution in [3.63, 3.8) is 0 Å². The summed E-state index contributed by atoms with van der Waals surface area (Å²) in [6.45, 7) is 0. The van der Waals surface area contributed by atoms with Gasteiger partial charge < -0.3 is 0 Å². The molecular weight excluding hydrogens is 205 g/mol. The third kappa shape index (κ3) is 1.21. The number of halogens is 3. The molecule has 15 heavy (non-hydrogen) atoms. The third-order valence-electron chi connectivity index (χ3n) is 3.50. The van der Waals surface area contributed by atoms with Crippen LogP contribution in [0.25, 0.3) is 0 Å². The van der Waals surface area contributed by atoms with Crippen LogP contribution in [0.2, 0.25) is 0 Å². The monoisotopic (exact) mass is 216 g/mol. The summed E-state index contributed by atoms with van der Waals surface area (Å²) in [7, 11) is 1.62. The molecule has 2 aliphatic carbocycles. The molecule has 1 heterocycles. The first-order chi connectivity index (χ1) is 6.98. The first-order valence-corrected chi connectivity index (χ1v) is 5.11. The van der Waals surface area contributed by atoms with Crippen LogP contribution in [0.1, 0.15) is 35.7 Å². The van der Waals surface area contributed by atoms with Crippen molar-refractivity contribution in [3.05, 3.63) is 17.0 Å². The molecule has 0 saturated heterocycles. The summed E-state index contributed by atoms with van der Waals surface area (Å²) in [5, 5.41) is 3.63. The normalized spacial score (nSPS) is 28.5. The van der Waals surface area contributed by atoms with E-state index < -0.39 is 11.9 Å². The van der Waals surface area contributed by atoms with Gasteiger partial charge in [0.05, 0.1) is 0 Å². The Kier molecular flexibility index (Phi) is 1.58. The Morgan fingerprint density at radius 1 is 1.40 bits per heavy atom. The van der Waals surface area contributed by atoms with E-state index in [0.29, 0.717) is 23.8 Å². The molecule has 2 aliphatic rings. The molecule has 5 heteroatoms. The number of alkyl halides is 3. The van der Waals surface area contributed by atoms with Crippen LogP contribution < -0.4 is 0 Å². The van der Waals surface area contributed by atoms with Crippen molar-refractivity contribution in [2.45, 2.75) is 31.4 Å². The zero-order valence-corrected chi connectivity index (χ0v) is 8.30. The second-order valence-corrected chi connectivity index (χ2v) is 4.47. The number of nitrogens with zero attached hydrogens (tertiary/aromatic N) is 2. The predicted molar refractivity (Wildman–Crippen MR) is 47.4 cm³/mol. The fourth-order valence-electron chi connectivity index (χ4n) is 2.75. The van der Waals surface area contributed by atoms with Gasteiger partial charge in [0.2, 0.25) is 0 Å². The SMILES string of the molecule is Cn1nc(C(F)(F)F)c2c1C1CC1CC2. The summed E-state index contributed by atoms with van der Waals surface area (Å²) < 4.78 is 39.4. The summed E-state index contributed by atoms with van der Waals surface area (Å²) in [5.74, 6) is 0.969. The van der Waals surface area contributed by atoms with Crippen molar-refractivity contribution < 1.29 is 13.2 Å². The summed E-state index contributed by atoms with van der Waals surface area (Å²) in [6.07, 6.45) is -1.82. The molecular formula is C10H11F3N2. The Bertz CT molecular complexity index is 419. The lowest BCUT2D eigenvalue weighted by Crippen LogP contribution is -2.11. The molecule has 0 aromatic carbocycles. The van der Waals surface area contributed by atoms with Gasteiger partial charge in [-0.2, -0.15) is 18.3 Å². The van der Waals surface area contributed by atoms with Gasteiger partial charge in [0.1, 0.15) is 0 Å². The average molecular weight is 216 g/mol. The Balaban J connectivity index is 2.15. The fraction of sp³-hybridized carbons (Fsp3) is 0.700. The van der Waals surface area contributed by atoms with Gasteiger partial charge in [-0.05, 0) is 25.2 Å². The van der Waals surface area contributed by atoms with E-state index >= 15 is 0 Å². The van der Waals surface area contributed by atoms with Crippen LogP contribution in [-0.4, -0.2) is 9.78 Å². The smallest absolute Gasteiger partial charge is 0.271 e. The van der Waals surface area contributed by atoms with Crippen LogP contribution in [0.3, 0.4) is 0 Å². The van der Waals surface area contributed by atoms with E-state index in [1.807, 2.05) is 0 Å². The second kappa shape index (κ2) is 2.57. The maximum Gasteiger partial charge on any atom is 0.435 e. The summed E-state index contributed by atoms with van der Waals surface area (Å²) >= 11 is 0. The fourth-order valence-corrected chi connectivity index (χ4v) is 2.75. The highest BCUT2D eigenvalue weighted by Gasteiger charge is 2.48. The molecule has 0 aliphatic heterocycles. The lowest BCUT2D eigenvalue weighted by atomic mass is 9.95. The lowest BCUT2D eigenvalue weighted by molar-refractivity contribution is -0.142. The zero-order valence-electron chi connectivity index (χ0n) is 8.30. The van der Waals surface area contributed by atoms with Crippen molar-refractivity contribution >= 4 is 0 Å². The maximum absolute atomic E-state index is 12.7. The van der Waals surface area contributed by atoms with Crippen LogP contribution in [0.4, 0.5) is 13.2 Å². The molecule has 0 bridgehead atoms. The average Bonchev–Trinajstić information content (AvgIpc) is 2.83. The molecule has 1 aromatic rings. The van der Waals surface area contributed by atoms with Gasteiger partial charge in [0.15, 0.2) is 5.69 Å². The molecule has 82 valence electrons. The highest BCUT2D eigenvalue weighted by atomic mass is 19.4. The highest BCUT2D eigenvalue weighted by Crippen LogP contribution is 2.55. The highest BCUT2D eigenvalue weighted by molar-refractivity contribution is 5.37. The zero-order chi connectivity index (χ0) is 10.8. The Hall–Kier alpha value is -1.00. The molecule has 0 N–H and O–H groups in total. The molecule has 0 spiro atoms. The molecule has 1 saturated carbocycles. The van der Waals surface area contributed by atoms with Crippen molar-refractivity contribution in [1.29, 1.82) is 0 Å². The lowest BCUT2D eigenvalue weighted by Gasteiger charge is -2.12. The van der Waals surface area contributed by atoms with Crippen molar-refractivity contribution in [3.8, 4) is 0 Å². The Morgan fingerprint density at radius 3 is 2.80 bits per heavy atom. The summed E-state index contributed by atoms with van der Waals surface area (Å²) in [5.41, 5.74) is 0.618. The number of aryl methyl sites for hydroxylation is 1. The van der Waals surface area contributed by atoms with Crippen molar-refractivity contribution in [1.82, 2.24) is 9.78 Å². The minimum Gasteiger partial charge on any atom is -0.271 e. The number of hydrogen-bond donors (Lipinski definition) is 0. The number of hydrogen-bond acceptors (Lipinski definition) is 1. The molecule has 0 radical (unpaired) electrons. The first-order valence-electron chi connectivity index (χ1n) is 5.11. The van der Waals surface area contributed by atoms with Crippen LogP contribution in [0.15, 0.2) is 0 Å². The van der Waals surface area contributed by atoms with Crippen molar-refractivity contribution in [2.24, 2.45) is 13.0 Å². The van der Waals surface area contributed by atoms with Gasteiger partial charge in [0, 0.05) is 24.2 Å². The topological polar surface area (TPSA) is 17.8 Å². The van der Waals surface area contributed by atoms with E-state index in [1.54, 1.807) is 7.05 Å². The summed E-state index contributed by atoms with van der Waals surface area (Å²) in [6, 6.07) is 0. The van der Waals surface area contributed by atoms with E-state index in [0.717, 1.165) is 18.5 Å². The van der Waals surface area contributed by atoms with Crippen LogP contribution >= 0.6 is 0 Å². The quantitative estimate of drug-likeness (QED) is 0.651. The van der Waals surface area contributed by atoms with Crippen LogP contribution in [0.5, 0.6) is 0 Å². The van der Waals surface area contributed by atoms with Crippen LogP contribution in [0, 0.1) is 5.92 Å². The Morgan fingerprint density at radius 2 is 2.13 bits per heavy atom. The molecule has 2 nitrogen and oxygen atoms in total. The van der Waals surface area contributed by atoms with Gasteiger partial charge in [-0.3, -0.25) is 4.68 Å². The van der Waals surface area contributed by atoms with E-state index in [2.05, 4.69) is 5.10 Å². The predicted octanol–water partition coefficient (Wildman–Crippen LogP) is 2.49. The third-order valence-corrected chi connectivity index (χ3v) is 3.50. The standard InChI is InChI=1S/C10H11F3N2/c1-15-8-6(3-2-5-4-7(5)8)9(14-15)10(11,12)13/h5,7H,2-4H2,1H3. The molecule has 2 unspecified atom stereocenters. The molecule has 1 aromatic heterocycles. The van der Waals surface area contributed by atoms with Gasteiger partial charge in [-0.25, -0.2) is 0 Å². The largest absolute Gasteiger partial charge is 0.435 e. The molecule has 1 fully saturated rings. The van der Waals surface area contributed by atoms with E-state index in [4.69, 9.17) is 0 Å². The van der Waals surface area contributed by atoms with Gasteiger partial charge in [0.25, 0.3) is 0 Å². The minimum atomic E-state index is -4.30. The van der Waals surface area contributed by atoms with E-state index in [1.165, 1.54) is 4.68 Å². The number of rotatable bonds is 0. The van der Waals surface area contributed by atoms with E-state index in [9.17, 15) is 13.2 Å².